The lowest BCUT2D eigenvalue weighted by molar-refractivity contribution is -0.145. The molecule has 2 aliphatic heterocycles. The molecule has 2 fully saturated rings. The molecule has 1 atom stereocenters. The first-order valence-corrected chi connectivity index (χ1v) is 8.47. The van der Waals surface area contributed by atoms with E-state index in [1.165, 1.54) is 0 Å². The number of morpholine rings is 1. The molecule has 24 heavy (non-hydrogen) atoms. The summed E-state index contributed by atoms with van der Waals surface area (Å²) >= 11 is 0. The molecule has 2 saturated heterocycles. The molecular weight excluding hydrogens is 308 g/mol. The zero-order chi connectivity index (χ0) is 17.0. The number of ether oxygens (including phenoxy) is 2. The summed E-state index contributed by atoms with van der Waals surface area (Å²) in [4.78, 5) is 28.9. The number of hydrogen-bond donors (Lipinski definition) is 0. The molecular formula is C18H24N2O4. The Balaban J connectivity index is 1.64. The Hall–Kier alpha value is -2.08. The number of carbonyl (C=O) groups excluding carboxylic acids is 2. The molecule has 2 amide bonds. The number of rotatable bonds is 3. The number of nitrogens with zero attached hydrogens (tertiary/aromatic N) is 2. The zero-order valence-electron chi connectivity index (χ0n) is 14.1. The van der Waals surface area contributed by atoms with Crippen molar-refractivity contribution in [3.63, 3.8) is 0 Å². The first-order chi connectivity index (χ1) is 11.6. The highest BCUT2D eigenvalue weighted by atomic mass is 16.6. The maximum Gasteiger partial charge on any atom is 0.410 e. The number of benzene rings is 1. The van der Waals surface area contributed by atoms with E-state index in [0.29, 0.717) is 39.3 Å². The van der Waals surface area contributed by atoms with Gasteiger partial charge in [-0.2, -0.15) is 0 Å². The van der Waals surface area contributed by atoms with Crippen molar-refractivity contribution >= 4 is 12.0 Å². The van der Waals surface area contributed by atoms with Crippen LogP contribution in [0.1, 0.15) is 25.3 Å². The van der Waals surface area contributed by atoms with Gasteiger partial charge in [0.25, 0.3) is 0 Å². The fourth-order valence-electron chi connectivity index (χ4n) is 3.38. The molecule has 1 aromatic carbocycles. The van der Waals surface area contributed by atoms with Crippen LogP contribution in [-0.2, 0) is 20.9 Å². The van der Waals surface area contributed by atoms with E-state index in [1.807, 2.05) is 37.3 Å². The average Bonchev–Trinajstić information content (AvgIpc) is 3.03. The van der Waals surface area contributed by atoms with Crippen LogP contribution in [0.15, 0.2) is 30.3 Å². The molecule has 0 radical (unpaired) electrons. The van der Waals surface area contributed by atoms with E-state index in [9.17, 15) is 9.59 Å². The van der Waals surface area contributed by atoms with Crippen LogP contribution in [0.2, 0.25) is 0 Å². The van der Waals surface area contributed by atoms with E-state index in [1.54, 1.807) is 9.80 Å². The third kappa shape index (κ3) is 3.38. The van der Waals surface area contributed by atoms with Crippen LogP contribution in [-0.4, -0.2) is 60.2 Å². The lowest BCUT2D eigenvalue weighted by atomic mass is 9.97. The first kappa shape index (κ1) is 16.8. The van der Waals surface area contributed by atoms with Gasteiger partial charge in [0.15, 0.2) is 0 Å². The van der Waals surface area contributed by atoms with Gasteiger partial charge in [0.05, 0.1) is 13.2 Å². The summed E-state index contributed by atoms with van der Waals surface area (Å²) in [6.45, 7) is 4.91. The minimum Gasteiger partial charge on any atom is -0.445 e. The molecule has 6 heteroatoms. The maximum atomic E-state index is 12.9. The van der Waals surface area contributed by atoms with Gasteiger partial charge in [-0.05, 0) is 25.3 Å². The van der Waals surface area contributed by atoms with Crippen molar-refractivity contribution in [3.8, 4) is 0 Å². The van der Waals surface area contributed by atoms with Gasteiger partial charge in [-0.25, -0.2) is 4.79 Å². The van der Waals surface area contributed by atoms with Crippen molar-refractivity contribution < 1.29 is 19.1 Å². The average molecular weight is 332 g/mol. The van der Waals surface area contributed by atoms with Crippen molar-refractivity contribution in [2.24, 2.45) is 0 Å². The van der Waals surface area contributed by atoms with Gasteiger partial charge in [-0.15, -0.1) is 0 Å². The van der Waals surface area contributed by atoms with Crippen molar-refractivity contribution in [1.29, 1.82) is 0 Å². The summed E-state index contributed by atoms with van der Waals surface area (Å²) in [5.74, 6) is -0.0000360. The second-order valence-electron chi connectivity index (χ2n) is 6.47. The van der Waals surface area contributed by atoms with Gasteiger partial charge in [0, 0.05) is 19.6 Å². The van der Waals surface area contributed by atoms with E-state index >= 15 is 0 Å². The number of amides is 2. The summed E-state index contributed by atoms with van der Waals surface area (Å²) in [6, 6.07) is 9.56. The van der Waals surface area contributed by atoms with Gasteiger partial charge >= 0.3 is 6.09 Å². The molecule has 3 rings (SSSR count). The summed E-state index contributed by atoms with van der Waals surface area (Å²) in [5.41, 5.74) is 0.122. The van der Waals surface area contributed by atoms with Crippen LogP contribution in [0.3, 0.4) is 0 Å². The first-order valence-electron chi connectivity index (χ1n) is 8.47. The predicted octanol–water partition coefficient (Wildman–Crippen LogP) is 2.04. The molecule has 1 aromatic rings. The lowest BCUT2D eigenvalue weighted by Crippen LogP contribution is -2.58. The lowest BCUT2D eigenvalue weighted by Gasteiger charge is -2.38. The normalized spacial score (nSPS) is 24.0. The van der Waals surface area contributed by atoms with E-state index in [-0.39, 0.29) is 12.5 Å². The molecule has 2 heterocycles. The molecule has 6 nitrogen and oxygen atoms in total. The Bertz CT molecular complexity index is 586. The quantitative estimate of drug-likeness (QED) is 0.850. The monoisotopic (exact) mass is 332 g/mol. The minimum absolute atomic E-state index is 0.0000360. The van der Waals surface area contributed by atoms with Crippen molar-refractivity contribution in [3.05, 3.63) is 35.9 Å². The minimum atomic E-state index is -0.814. The van der Waals surface area contributed by atoms with E-state index in [0.717, 1.165) is 12.0 Å². The molecule has 0 aliphatic carbocycles. The Labute approximate surface area is 142 Å². The van der Waals surface area contributed by atoms with Crippen LogP contribution in [0.4, 0.5) is 4.79 Å². The van der Waals surface area contributed by atoms with E-state index < -0.39 is 11.6 Å². The van der Waals surface area contributed by atoms with E-state index in [4.69, 9.17) is 9.47 Å². The molecule has 0 saturated carbocycles. The number of carbonyl (C=O) groups is 2. The second kappa shape index (κ2) is 7.21. The molecule has 1 unspecified atom stereocenters. The third-order valence-corrected chi connectivity index (χ3v) is 4.83. The predicted molar refractivity (Wildman–Crippen MR) is 88.4 cm³/mol. The van der Waals surface area contributed by atoms with Crippen LogP contribution in [0.25, 0.3) is 0 Å². The zero-order valence-corrected chi connectivity index (χ0v) is 14.1. The van der Waals surface area contributed by atoms with Gasteiger partial charge < -0.3 is 14.4 Å². The smallest absolute Gasteiger partial charge is 0.410 e. The number of likely N-dealkylation sites (tertiary alicyclic amines) is 1. The summed E-state index contributed by atoms with van der Waals surface area (Å²) in [5, 5.41) is 0. The standard InChI is InChI=1S/C18H24N2O4/c1-18(16(21)19-10-12-23-13-11-19)8-5-9-20(18)17(22)24-14-15-6-3-2-4-7-15/h2-4,6-7H,5,8-14H2,1H3. The summed E-state index contributed by atoms with van der Waals surface area (Å²) in [6.07, 6.45) is 1.07. The van der Waals surface area contributed by atoms with Crippen LogP contribution in [0.5, 0.6) is 0 Å². The Morgan fingerprint density at radius 3 is 2.58 bits per heavy atom. The summed E-state index contributed by atoms with van der Waals surface area (Å²) < 4.78 is 10.7. The fourth-order valence-corrected chi connectivity index (χ4v) is 3.38. The maximum absolute atomic E-state index is 12.9. The Kier molecular flexibility index (Phi) is 5.04. The molecule has 0 N–H and O–H groups in total. The van der Waals surface area contributed by atoms with Crippen molar-refractivity contribution in [2.75, 3.05) is 32.8 Å². The van der Waals surface area contributed by atoms with Gasteiger partial charge in [0.2, 0.25) is 5.91 Å². The summed E-state index contributed by atoms with van der Waals surface area (Å²) in [7, 11) is 0. The van der Waals surface area contributed by atoms with E-state index in [2.05, 4.69) is 0 Å². The van der Waals surface area contributed by atoms with Gasteiger partial charge in [0.1, 0.15) is 12.1 Å². The van der Waals surface area contributed by atoms with Gasteiger partial charge in [-0.3, -0.25) is 9.69 Å². The van der Waals surface area contributed by atoms with Crippen LogP contribution >= 0.6 is 0 Å². The molecule has 2 aliphatic rings. The highest BCUT2D eigenvalue weighted by Crippen LogP contribution is 2.32. The van der Waals surface area contributed by atoms with Crippen molar-refractivity contribution in [2.45, 2.75) is 31.9 Å². The fraction of sp³-hybridized carbons (Fsp3) is 0.556. The molecule has 0 spiro atoms. The Morgan fingerprint density at radius 1 is 1.17 bits per heavy atom. The largest absolute Gasteiger partial charge is 0.445 e. The molecule has 130 valence electrons. The van der Waals surface area contributed by atoms with Crippen LogP contribution < -0.4 is 0 Å². The SMILES string of the molecule is CC1(C(=O)N2CCOCC2)CCCN1C(=O)OCc1ccccc1. The highest BCUT2D eigenvalue weighted by molar-refractivity contribution is 5.90. The molecule has 0 bridgehead atoms. The highest BCUT2D eigenvalue weighted by Gasteiger charge is 2.48. The number of hydrogen-bond acceptors (Lipinski definition) is 4. The molecule has 0 aromatic heterocycles. The Morgan fingerprint density at radius 2 is 1.88 bits per heavy atom. The second-order valence-corrected chi connectivity index (χ2v) is 6.47. The van der Waals surface area contributed by atoms with Crippen LogP contribution in [0, 0.1) is 0 Å². The van der Waals surface area contributed by atoms with Gasteiger partial charge in [-0.1, -0.05) is 30.3 Å². The third-order valence-electron chi connectivity index (χ3n) is 4.83. The topological polar surface area (TPSA) is 59.1 Å². The van der Waals surface area contributed by atoms with Crippen molar-refractivity contribution in [1.82, 2.24) is 9.80 Å².